The van der Waals surface area contributed by atoms with Crippen molar-refractivity contribution in [1.82, 2.24) is 9.88 Å². The molecule has 0 bridgehead atoms. The van der Waals surface area contributed by atoms with Crippen LogP contribution in [0.15, 0.2) is 60.9 Å². The summed E-state index contributed by atoms with van der Waals surface area (Å²) in [7, 11) is 0. The minimum absolute atomic E-state index is 0.280. The second-order valence-electron chi connectivity index (χ2n) is 6.85. The molecule has 0 spiro atoms. The van der Waals surface area contributed by atoms with Crippen LogP contribution in [-0.2, 0) is 13.1 Å². The van der Waals surface area contributed by atoms with Crippen molar-refractivity contribution >= 4 is 0 Å². The van der Waals surface area contributed by atoms with E-state index in [0.717, 1.165) is 29.0 Å². The number of nitrogens with zero attached hydrogens (tertiary/aromatic N) is 2. The van der Waals surface area contributed by atoms with E-state index in [-0.39, 0.29) is 6.54 Å². The van der Waals surface area contributed by atoms with E-state index in [0.29, 0.717) is 30.8 Å². The number of fused-ring (bicyclic) bond motifs is 1. The lowest BCUT2D eigenvalue weighted by molar-refractivity contribution is 0.217. The van der Waals surface area contributed by atoms with Gasteiger partial charge in [0.25, 0.3) is 0 Å². The minimum Gasteiger partial charge on any atom is -0.492 e. The van der Waals surface area contributed by atoms with Crippen molar-refractivity contribution in [3.63, 3.8) is 0 Å². The Balaban J connectivity index is 1.57. The summed E-state index contributed by atoms with van der Waals surface area (Å²) in [6.07, 6.45) is 2.49. The van der Waals surface area contributed by atoms with Gasteiger partial charge in [0.15, 0.2) is 0 Å². The van der Waals surface area contributed by atoms with Crippen molar-refractivity contribution in [3.8, 4) is 5.75 Å². The lowest BCUT2D eigenvalue weighted by Gasteiger charge is -2.20. The van der Waals surface area contributed by atoms with Crippen molar-refractivity contribution in [2.45, 2.75) is 19.2 Å². The van der Waals surface area contributed by atoms with Gasteiger partial charge in [0.1, 0.15) is 30.1 Å². The molecule has 1 aromatic heterocycles. The Hall–Kier alpha value is -2.83. The predicted molar refractivity (Wildman–Crippen MR) is 101 cm³/mol. The average Bonchev–Trinajstić information content (AvgIpc) is 2.92. The topological polar surface area (TPSA) is 45.6 Å². The van der Waals surface area contributed by atoms with Crippen molar-refractivity contribution < 1.29 is 18.6 Å². The van der Waals surface area contributed by atoms with E-state index >= 15 is 0 Å². The number of halogens is 2. The largest absolute Gasteiger partial charge is 0.492 e. The monoisotopic (exact) mass is 382 g/mol. The molecule has 4 rings (SSSR count). The predicted octanol–water partition coefficient (Wildman–Crippen LogP) is 3.84. The van der Waals surface area contributed by atoms with Gasteiger partial charge >= 0.3 is 0 Å². The van der Waals surface area contributed by atoms with Gasteiger partial charge in [0.05, 0.1) is 0 Å². The average molecular weight is 382 g/mol. The fourth-order valence-corrected chi connectivity index (χ4v) is 3.41. The standard InChI is InChI=1S/C22H20F2N2O2/c23-19-4-5-20(24)17(11-19)13-26-8-9-28-21-6-3-15(10-18(21)14-26)22(27)16-2-1-7-25-12-16/h1-7,10-12,22,27H,8-9,13-14H2/t22-/m0/s1. The number of pyridine rings is 1. The van der Waals surface area contributed by atoms with E-state index < -0.39 is 17.7 Å². The summed E-state index contributed by atoms with van der Waals surface area (Å²) in [5.74, 6) is -0.137. The summed E-state index contributed by atoms with van der Waals surface area (Å²) in [5, 5.41) is 10.6. The molecular weight excluding hydrogens is 362 g/mol. The first kappa shape index (κ1) is 18.5. The molecule has 1 N–H and O–H groups in total. The summed E-state index contributed by atoms with van der Waals surface area (Å²) < 4.78 is 33.3. The maximum absolute atomic E-state index is 14.0. The number of aromatic nitrogens is 1. The molecule has 1 atom stereocenters. The maximum Gasteiger partial charge on any atom is 0.127 e. The SMILES string of the molecule is O[C@H](c1cccnc1)c1ccc2c(c1)CN(Cc1cc(F)ccc1F)CCO2. The molecule has 2 heterocycles. The van der Waals surface area contributed by atoms with E-state index in [1.807, 2.05) is 29.2 Å². The Bertz CT molecular complexity index is 966. The molecular formula is C22H20F2N2O2. The summed E-state index contributed by atoms with van der Waals surface area (Å²) in [6, 6.07) is 12.7. The van der Waals surface area contributed by atoms with Gasteiger partial charge in [-0.1, -0.05) is 12.1 Å². The van der Waals surface area contributed by atoms with E-state index in [2.05, 4.69) is 4.98 Å². The smallest absolute Gasteiger partial charge is 0.127 e. The van der Waals surface area contributed by atoms with Crippen molar-refractivity contribution in [3.05, 3.63) is 94.8 Å². The quantitative estimate of drug-likeness (QED) is 0.745. The van der Waals surface area contributed by atoms with E-state index in [4.69, 9.17) is 4.74 Å². The van der Waals surface area contributed by atoms with Gasteiger partial charge in [-0.2, -0.15) is 0 Å². The van der Waals surface area contributed by atoms with Gasteiger partial charge in [-0.05, 0) is 42.0 Å². The molecule has 0 fully saturated rings. The Morgan fingerprint density at radius 1 is 1.11 bits per heavy atom. The molecule has 1 aliphatic rings. The van der Waals surface area contributed by atoms with Crippen LogP contribution in [-0.4, -0.2) is 28.1 Å². The number of benzene rings is 2. The van der Waals surface area contributed by atoms with Crippen LogP contribution in [0, 0.1) is 11.6 Å². The molecule has 0 saturated heterocycles. The molecule has 0 radical (unpaired) electrons. The van der Waals surface area contributed by atoms with Crippen LogP contribution in [0.2, 0.25) is 0 Å². The highest BCUT2D eigenvalue weighted by Gasteiger charge is 2.19. The van der Waals surface area contributed by atoms with Crippen LogP contribution in [0.1, 0.15) is 28.4 Å². The maximum atomic E-state index is 14.0. The zero-order valence-corrected chi connectivity index (χ0v) is 15.2. The first-order chi connectivity index (χ1) is 13.6. The molecule has 0 unspecified atom stereocenters. The minimum atomic E-state index is -0.795. The fourth-order valence-electron chi connectivity index (χ4n) is 3.41. The Kier molecular flexibility index (Phi) is 5.32. The van der Waals surface area contributed by atoms with E-state index in [1.54, 1.807) is 18.5 Å². The highest BCUT2D eigenvalue weighted by Crippen LogP contribution is 2.30. The number of aliphatic hydroxyl groups excluding tert-OH is 1. The van der Waals surface area contributed by atoms with E-state index in [9.17, 15) is 13.9 Å². The summed E-state index contributed by atoms with van der Waals surface area (Å²) in [4.78, 5) is 6.05. The van der Waals surface area contributed by atoms with Gasteiger partial charge in [-0.3, -0.25) is 9.88 Å². The molecule has 144 valence electrons. The number of hydrogen-bond donors (Lipinski definition) is 1. The number of rotatable bonds is 4. The van der Waals surface area contributed by atoms with Crippen molar-refractivity contribution in [2.75, 3.05) is 13.2 Å². The van der Waals surface area contributed by atoms with Gasteiger partial charge in [0.2, 0.25) is 0 Å². The lowest BCUT2D eigenvalue weighted by atomic mass is 10.00. The second kappa shape index (κ2) is 8.04. The lowest BCUT2D eigenvalue weighted by Crippen LogP contribution is -2.25. The third-order valence-corrected chi connectivity index (χ3v) is 4.86. The zero-order valence-electron chi connectivity index (χ0n) is 15.2. The van der Waals surface area contributed by atoms with Crippen LogP contribution in [0.4, 0.5) is 8.78 Å². The Labute approximate surface area is 162 Å². The molecule has 3 aromatic rings. The zero-order chi connectivity index (χ0) is 19.5. The Morgan fingerprint density at radius 3 is 2.82 bits per heavy atom. The number of aliphatic hydroxyl groups is 1. The summed E-state index contributed by atoms with van der Waals surface area (Å²) in [6.45, 7) is 1.83. The highest BCUT2D eigenvalue weighted by molar-refractivity contribution is 5.41. The normalized spacial score (nSPS) is 15.4. The first-order valence-corrected chi connectivity index (χ1v) is 9.10. The van der Waals surface area contributed by atoms with Crippen LogP contribution < -0.4 is 4.74 Å². The fraction of sp³-hybridized carbons (Fsp3) is 0.227. The van der Waals surface area contributed by atoms with Gasteiger partial charge in [-0.15, -0.1) is 0 Å². The van der Waals surface area contributed by atoms with Crippen LogP contribution in [0.25, 0.3) is 0 Å². The molecule has 6 heteroatoms. The van der Waals surface area contributed by atoms with E-state index in [1.165, 1.54) is 6.07 Å². The molecule has 0 aliphatic carbocycles. The molecule has 1 aliphatic heterocycles. The van der Waals surface area contributed by atoms with Crippen molar-refractivity contribution in [2.24, 2.45) is 0 Å². The van der Waals surface area contributed by atoms with Crippen molar-refractivity contribution in [1.29, 1.82) is 0 Å². The molecule has 2 aromatic carbocycles. The summed E-state index contributed by atoms with van der Waals surface area (Å²) >= 11 is 0. The molecule has 0 amide bonds. The third kappa shape index (κ3) is 4.03. The van der Waals surface area contributed by atoms with Gasteiger partial charge in [-0.25, -0.2) is 8.78 Å². The van der Waals surface area contributed by atoms with Crippen LogP contribution >= 0.6 is 0 Å². The second-order valence-corrected chi connectivity index (χ2v) is 6.85. The van der Waals surface area contributed by atoms with Crippen LogP contribution in [0.3, 0.4) is 0 Å². The van der Waals surface area contributed by atoms with Gasteiger partial charge < -0.3 is 9.84 Å². The third-order valence-electron chi connectivity index (χ3n) is 4.86. The highest BCUT2D eigenvalue weighted by atomic mass is 19.1. The summed E-state index contributed by atoms with van der Waals surface area (Å²) in [5.41, 5.74) is 2.65. The molecule has 28 heavy (non-hydrogen) atoms. The first-order valence-electron chi connectivity index (χ1n) is 9.10. The number of hydrogen-bond acceptors (Lipinski definition) is 4. The van der Waals surface area contributed by atoms with Gasteiger partial charge in [0, 0.05) is 48.7 Å². The Morgan fingerprint density at radius 2 is 2.00 bits per heavy atom. The van der Waals surface area contributed by atoms with Crippen LogP contribution in [0.5, 0.6) is 5.75 Å². The molecule has 0 saturated carbocycles. The molecule has 4 nitrogen and oxygen atoms in total. The number of ether oxygens (including phenoxy) is 1.